The first-order valence-electron chi connectivity index (χ1n) is 7.46. The van der Waals surface area contributed by atoms with Crippen LogP contribution in [0.3, 0.4) is 0 Å². The molecule has 7 heteroatoms. The second kappa shape index (κ2) is 7.21. The van der Waals surface area contributed by atoms with Crippen LogP contribution in [0, 0.1) is 0 Å². The van der Waals surface area contributed by atoms with Crippen LogP contribution in [0.5, 0.6) is 5.75 Å². The molecule has 0 amide bonds. The number of halogens is 1. The number of anilines is 1. The van der Waals surface area contributed by atoms with Crippen LogP contribution >= 0.6 is 11.6 Å². The molecule has 2 aromatic carbocycles. The molecule has 0 unspecified atom stereocenters. The summed E-state index contributed by atoms with van der Waals surface area (Å²) in [4.78, 5) is 0.139. The van der Waals surface area contributed by atoms with Gasteiger partial charge in [0.25, 0.3) is 10.0 Å². The largest absolute Gasteiger partial charge is 0.497 e. The first-order chi connectivity index (χ1) is 12.0. The highest BCUT2D eigenvalue weighted by atomic mass is 35.5. The molecular weight excluding hydrogens is 362 g/mol. The molecule has 1 aromatic heterocycles. The van der Waals surface area contributed by atoms with Gasteiger partial charge in [-0.1, -0.05) is 23.7 Å². The van der Waals surface area contributed by atoms with E-state index >= 15 is 0 Å². The van der Waals surface area contributed by atoms with Crippen molar-refractivity contribution in [1.29, 1.82) is 0 Å². The third-order valence-electron chi connectivity index (χ3n) is 3.65. The van der Waals surface area contributed by atoms with Gasteiger partial charge in [-0.3, -0.25) is 4.31 Å². The minimum Gasteiger partial charge on any atom is -0.497 e. The summed E-state index contributed by atoms with van der Waals surface area (Å²) in [7, 11) is -2.32. The Kier molecular flexibility index (Phi) is 5.01. The summed E-state index contributed by atoms with van der Waals surface area (Å²) in [5, 5.41) is 0.339. The van der Waals surface area contributed by atoms with Crippen molar-refractivity contribution in [3.63, 3.8) is 0 Å². The van der Waals surface area contributed by atoms with E-state index in [-0.39, 0.29) is 11.4 Å². The molecule has 0 aliphatic heterocycles. The van der Waals surface area contributed by atoms with Gasteiger partial charge in [0, 0.05) is 0 Å². The summed E-state index contributed by atoms with van der Waals surface area (Å²) < 4.78 is 38.0. The Morgan fingerprint density at radius 1 is 1.04 bits per heavy atom. The normalized spacial score (nSPS) is 11.3. The van der Waals surface area contributed by atoms with Gasteiger partial charge < -0.3 is 9.15 Å². The maximum Gasteiger partial charge on any atom is 0.264 e. The molecule has 0 atom stereocenters. The Morgan fingerprint density at radius 3 is 2.36 bits per heavy atom. The minimum absolute atomic E-state index is 0.0328. The summed E-state index contributed by atoms with van der Waals surface area (Å²) in [5.74, 6) is 1.09. The van der Waals surface area contributed by atoms with Crippen LogP contribution in [0.15, 0.2) is 76.2 Å². The molecule has 3 aromatic rings. The van der Waals surface area contributed by atoms with E-state index in [2.05, 4.69) is 0 Å². The summed E-state index contributed by atoms with van der Waals surface area (Å²) in [6.07, 6.45) is 1.50. The molecule has 0 spiro atoms. The number of benzene rings is 2. The second-order valence-electron chi connectivity index (χ2n) is 5.22. The molecule has 1 heterocycles. The molecule has 0 saturated heterocycles. The van der Waals surface area contributed by atoms with E-state index in [4.69, 9.17) is 20.8 Å². The molecule has 3 rings (SSSR count). The summed E-state index contributed by atoms with van der Waals surface area (Å²) in [6, 6.07) is 16.4. The van der Waals surface area contributed by atoms with E-state index in [1.165, 1.54) is 29.8 Å². The van der Waals surface area contributed by atoms with E-state index in [1.807, 2.05) is 0 Å². The van der Waals surface area contributed by atoms with E-state index in [1.54, 1.807) is 48.5 Å². The molecule has 0 saturated carbocycles. The Labute approximate surface area is 151 Å². The first-order valence-corrected chi connectivity index (χ1v) is 9.28. The van der Waals surface area contributed by atoms with Crippen molar-refractivity contribution in [1.82, 2.24) is 0 Å². The fourth-order valence-corrected chi connectivity index (χ4v) is 4.11. The van der Waals surface area contributed by atoms with Crippen molar-refractivity contribution < 1.29 is 17.6 Å². The van der Waals surface area contributed by atoms with Gasteiger partial charge in [-0.2, -0.15) is 0 Å². The molecule has 25 heavy (non-hydrogen) atoms. The lowest BCUT2D eigenvalue weighted by Gasteiger charge is -2.24. The molecule has 0 N–H and O–H groups in total. The van der Waals surface area contributed by atoms with Crippen LogP contribution in [0.2, 0.25) is 5.02 Å². The number of hydrogen-bond acceptors (Lipinski definition) is 4. The van der Waals surface area contributed by atoms with Crippen molar-refractivity contribution in [2.45, 2.75) is 11.4 Å². The summed E-state index contributed by atoms with van der Waals surface area (Å²) in [6.45, 7) is 0.0328. The van der Waals surface area contributed by atoms with Gasteiger partial charge in [-0.05, 0) is 48.5 Å². The number of rotatable bonds is 6. The zero-order chi connectivity index (χ0) is 17.9. The molecule has 130 valence electrons. The molecule has 0 aliphatic rings. The predicted octanol–water partition coefficient (Wildman–Crippen LogP) is 4.34. The number of para-hydroxylation sites is 1. The van der Waals surface area contributed by atoms with Crippen LogP contribution in [-0.2, 0) is 16.6 Å². The number of nitrogens with zero attached hydrogens (tertiary/aromatic N) is 1. The van der Waals surface area contributed by atoms with Crippen LogP contribution < -0.4 is 9.04 Å². The highest BCUT2D eigenvalue weighted by Crippen LogP contribution is 2.32. The number of furan rings is 1. The Balaban J connectivity index is 2.07. The van der Waals surface area contributed by atoms with E-state index in [9.17, 15) is 8.42 Å². The number of methoxy groups -OCH3 is 1. The highest BCUT2D eigenvalue weighted by Gasteiger charge is 2.27. The van der Waals surface area contributed by atoms with Crippen LogP contribution in [-0.4, -0.2) is 15.5 Å². The highest BCUT2D eigenvalue weighted by molar-refractivity contribution is 7.92. The van der Waals surface area contributed by atoms with Gasteiger partial charge in [0.1, 0.15) is 11.5 Å². The Hall–Kier alpha value is -2.44. The van der Waals surface area contributed by atoms with Gasteiger partial charge in [0.2, 0.25) is 0 Å². The minimum atomic E-state index is -3.84. The van der Waals surface area contributed by atoms with Crippen LogP contribution in [0.25, 0.3) is 0 Å². The van der Waals surface area contributed by atoms with Crippen molar-refractivity contribution in [2.75, 3.05) is 11.4 Å². The average molecular weight is 378 g/mol. The molecule has 0 fully saturated rings. The van der Waals surface area contributed by atoms with Gasteiger partial charge in [-0.15, -0.1) is 0 Å². The smallest absolute Gasteiger partial charge is 0.264 e. The SMILES string of the molecule is COc1ccc(S(=O)(=O)N(Cc2ccco2)c2ccccc2Cl)cc1. The first kappa shape index (κ1) is 17.4. The lowest BCUT2D eigenvalue weighted by Crippen LogP contribution is -2.30. The molecule has 5 nitrogen and oxygen atoms in total. The van der Waals surface area contributed by atoms with E-state index in [0.717, 1.165) is 0 Å². The second-order valence-corrected chi connectivity index (χ2v) is 7.49. The quantitative estimate of drug-likeness (QED) is 0.641. The number of hydrogen-bond donors (Lipinski definition) is 0. The predicted molar refractivity (Wildman–Crippen MR) is 96.5 cm³/mol. The standard InChI is InChI=1S/C18H16ClNO4S/c1-23-14-8-10-16(11-9-14)25(21,22)20(13-15-5-4-12-24-15)18-7-3-2-6-17(18)19/h2-12H,13H2,1H3. The zero-order valence-electron chi connectivity index (χ0n) is 13.4. The Morgan fingerprint density at radius 2 is 1.76 bits per heavy atom. The van der Waals surface area contributed by atoms with Crippen LogP contribution in [0.1, 0.15) is 5.76 Å². The Bertz CT molecular complexity index is 937. The molecule has 0 bridgehead atoms. The maximum atomic E-state index is 13.2. The number of ether oxygens (including phenoxy) is 1. The molecule has 0 aliphatic carbocycles. The lowest BCUT2D eigenvalue weighted by atomic mass is 10.3. The third-order valence-corrected chi connectivity index (χ3v) is 5.74. The van der Waals surface area contributed by atoms with Gasteiger partial charge >= 0.3 is 0 Å². The van der Waals surface area contributed by atoms with E-state index < -0.39 is 10.0 Å². The molecular formula is C18H16ClNO4S. The summed E-state index contributed by atoms with van der Waals surface area (Å²) >= 11 is 6.24. The third kappa shape index (κ3) is 3.65. The average Bonchev–Trinajstić information content (AvgIpc) is 3.14. The monoisotopic (exact) mass is 377 g/mol. The van der Waals surface area contributed by atoms with Crippen molar-refractivity contribution in [2.24, 2.45) is 0 Å². The molecule has 0 radical (unpaired) electrons. The van der Waals surface area contributed by atoms with Crippen molar-refractivity contribution in [3.8, 4) is 5.75 Å². The maximum absolute atomic E-state index is 13.2. The fourth-order valence-electron chi connectivity index (χ4n) is 2.37. The fraction of sp³-hybridized carbons (Fsp3) is 0.111. The van der Waals surface area contributed by atoms with Crippen molar-refractivity contribution in [3.05, 3.63) is 77.7 Å². The van der Waals surface area contributed by atoms with Gasteiger partial charge in [0.15, 0.2) is 0 Å². The zero-order valence-corrected chi connectivity index (χ0v) is 15.0. The van der Waals surface area contributed by atoms with Crippen molar-refractivity contribution >= 4 is 27.3 Å². The lowest BCUT2D eigenvalue weighted by molar-refractivity contribution is 0.414. The van der Waals surface area contributed by atoms with Gasteiger partial charge in [-0.25, -0.2) is 8.42 Å². The van der Waals surface area contributed by atoms with Gasteiger partial charge in [0.05, 0.1) is 35.5 Å². The topological polar surface area (TPSA) is 59.8 Å². The van der Waals surface area contributed by atoms with E-state index in [0.29, 0.717) is 22.2 Å². The summed E-state index contributed by atoms with van der Waals surface area (Å²) in [5.41, 5.74) is 0.386. The van der Waals surface area contributed by atoms with Crippen LogP contribution in [0.4, 0.5) is 5.69 Å². The number of sulfonamides is 1.